The smallest absolute Gasteiger partial charge is 0.303 e. The molecule has 0 saturated heterocycles. The van der Waals surface area contributed by atoms with E-state index in [0.717, 1.165) is 16.3 Å². The van der Waals surface area contributed by atoms with Crippen LogP contribution in [0.15, 0.2) is 42.5 Å². The molecule has 0 saturated carbocycles. The first-order chi connectivity index (χ1) is 11.0. The van der Waals surface area contributed by atoms with Crippen molar-refractivity contribution in [1.82, 2.24) is 5.32 Å². The van der Waals surface area contributed by atoms with Gasteiger partial charge in [0.05, 0.1) is 12.5 Å². The number of ketones is 1. The molecule has 1 amide bonds. The second-order valence-electron chi connectivity index (χ2n) is 5.51. The third kappa shape index (κ3) is 4.92. The Morgan fingerprint density at radius 1 is 1.04 bits per heavy atom. The summed E-state index contributed by atoms with van der Waals surface area (Å²) in [6.07, 6.45) is 0.0161. The van der Waals surface area contributed by atoms with Crippen molar-refractivity contribution in [2.24, 2.45) is 0 Å². The van der Waals surface area contributed by atoms with Gasteiger partial charge >= 0.3 is 5.97 Å². The highest BCUT2D eigenvalue weighted by atomic mass is 16.4. The van der Waals surface area contributed by atoms with Gasteiger partial charge in [-0.1, -0.05) is 42.5 Å². The molecule has 2 rings (SSSR count). The maximum atomic E-state index is 11.8. The third-order valence-corrected chi connectivity index (χ3v) is 3.65. The molecule has 2 N–H and O–H groups in total. The number of rotatable bonds is 7. The van der Waals surface area contributed by atoms with Crippen LogP contribution in [0.4, 0.5) is 0 Å². The summed E-state index contributed by atoms with van der Waals surface area (Å²) in [6, 6.07) is 13.2. The molecule has 0 fully saturated rings. The molecule has 0 unspecified atom stereocenters. The van der Waals surface area contributed by atoms with E-state index < -0.39 is 17.9 Å². The predicted octanol–water partition coefficient (Wildman–Crippen LogP) is 2.32. The molecule has 2 aromatic rings. The van der Waals surface area contributed by atoms with E-state index >= 15 is 0 Å². The summed E-state index contributed by atoms with van der Waals surface area (Å²) in [5.41, 5.74) is 0.947. The maximum absolute atomic E-state index is 11.8. The Hall–Kier alpha value is -2.69. The molecule has 0 aliphatic carbocycles. The minimum absolute atomic E-state index is 0.128. The van der Waals surface area contributed by atoms with Crippen molar-refractivity contribution in [1.29, 1.82) is 0 Å². The van der Waals surface area contributed by atoms with Crippen LogP contribution in [0.3, 0.4) is 0 Å². The Labute approximate surface area is 134 Å². The molecule has 120 valence electrons. The molecule has 23 heavy (non-hydrogen) atoms. The molecule has 0 heterocycles. The van der Waals surface area contributed by atoms with Gasteiger partial charge in [-0.3, -0.25) is 14.4 Å². The monoisotopic (exact) mass is 313 g/mol. The summed E-state index contributed by atoms with van der Waals surface area (Å²) in [7, 11) is 0. The minimum atomic E-state index is -1.03. The summed E-state index contributed by atoms with van der Waals surface area (Å²) in [6.45, 7) is 1.42. The SMILES string of the molecule is CC(=O)[C@H](Cc1ccc2ccccc2c1)NC(=O)CCC(=O)O. The lowest BCUT2D eigenvalue weighted by Gasteiger charge is -2.16. The van der Waals surface area contributed by atoms with Gasteiger partial charge in [0.2, 0.25) is 5.91 Å². The lowest BCUT2D eigenvalue weighted by molar-refractivity contribution is -0.139. The quantitative estimate of drug-likeness (QED) is 0.821. The Kier molecular flexibility index (Phi) is 5.46. The number of amides is 1. The lowest BCUT2D eigenvalue weighted by Crippen LogP contribution is -2.41. The van der Waals surface area contributed by atoms with Gasteiger partial charge in [-0.25, -0.2) is 0 Å². The van der Waals surface area contributed by atoms with E-state index in [4.69, 9.17) is 5.11 Å². The summed E-state index contributed by atoms with van der Waals surface area (Å²) in [5.74, 6) is -1.61. The molecular weight excluding hydrogens is 294 g/mol. The normalized spacial score (nSPS) is 11.9. The van der Waals surface area contributed by atoms with Crippen molar-refractivity contribution in [2.45, 2.75) is 32.2 Å². The number of benzene rings is 2. The molecule has 0 bridgehead atoms. The van der Waals surface area contributed by atoms with E-state index in [1.807, 2.05) is 42.5 Å². The van der Waals surface area contributed by atoms with Crippen molar-refractivity contribution < 1.29 is 19.5 Å². The first-order valence-electron chi connectivity index (χ1n) is 7.45. The van der Waals surface area contributed by atoms with E-state index in [-0.39, 0.29) is 18.6 Å². The number of nitrogens with one attached hydrogen (secondary N) is 1. The van der Waals surface area contributed by atoms with Gasteiger partial charge in [-0.15, -0.1) is 0 Å². The zero-order chi connectivity index (χ0) is 16.8. The van der Waals surface area contributed by atoms with Crippen LogP contribution in [-0.2, 0) is 20.8 Å². The molecule has 0 aromatic heterocycles. The van der Waals surface area contributed by atoms with Crippen LogP contribution >= 0.6 is 0 Å². The highest BCUT2D eigenvalue weighted by Crippen LogP contribution is 2.17. The molecule has 0 aliphatic rings. The Balaban J connectivity index is 2.07. The average Bonchev–Trinajstić information content (AvgIpc) is 2.52. The lowest BCUT2D eigenvalue weighted by atomic mass is 9.99. The van der Waals surface area contributed by atoms with E-state index in [9.17, 15) is 14.4 Å². The van der Waals surface area contributed by atoms with Crippen LogP contribution in [0.2, 0.25) is 0 Å². The Morgan fingerprint density at radius 2 is 1.74 bits per heavy atom. The van der Waals surface area contributed by atoms with Crippen molar-refractivity contribution in [3.05, 3.63) is 48.0 Å². The zero-order valence-electron chi connectivity index (χ0n) is 12.9. The topological polar surface area (TPSA) is 83.5 Å². The van der Waals surface area contributed by atoms with E-state index in [1.165, 1.54) is 6.92 Å². The number of aliphatic carboxylic acids is 1. The number of carbonyl (C=O) groups excluding carboxylic acids is 2. The molecular formula is C18H19NO4. The number of hydrogen-bond acceptors (Lipinski definition) is 3. The first kappa shape index (κ1) is 16.7. The fourth-order valence-electron chi connectivity index (χ4n) is 2.38. The maximum Gasteiger partial charge on any atom is 0.303 e. The van der Waals surface area contributed by atoms with Gasteiger partial charge in [0.15, 0.2) is 5.78 Å². The standard InChI is InChI=1S/C18H19NO4/c1-12(20)16(19-17(21)8-9-18(22)23)11-13-6-7-14-4-2-3-5-15(14)10-13/h2-7,10,16H,8-9,11H2,1H3,(H,19,21)(H,22,23)/t16-/m0/s1. The number of carboxylic acids is 1. The zero-order valence-corrected chi connectivity index (χ0v) is 12.9. The first-order valence-corrected chi connectivity index (χ1v) is 7.45. The summed E-state index contributed by atoms with van der Waals surface area (Å²) >= 11 is 0. The molecule has 0 spiro atoms. The van der Waals surface area contributed by atoms with Gasteiger partial charge in [0.1, 0.15) is 0 Å². The van der Waals surface area contributed by atoms with Crippen molar-refractivity contribution in [3.63, 3.8) is 0 Å². The van der Waals surface area contributed by atoms with Gasteiger partial charge < -0.3 is 10.4 Å². The fourth-order valence-corrected chi connectivity index (χ4v) is 2.38. The predicted molar refractivity (Wildman–Crippen MR) is 87.1 cm³/mol. The minimum Gasteiger partial charge on any atom is -0.481 e. The molecule has 0 radical (unpaired) electrons. The number of Topliss-reactive ketones (excluding diaryl/α,β-unsaturated/α-hetero) is 1. The van der Waals surface area contributed by atoms with Crippen LogP contribution in [0.5, 0.6) is 0 Å². The van der Waals surface area contributed by atoms with Gasteiger partial charge in [0.25, 0.3) is 0 Å². The number of carboxylic acid groups (broad SMARTS) is 1. The molecule has 2 aromatic carbocycles. The third-order valence-electron chi connectivity index (χ3n) is 3.65. The second kappa shape index (κ2) is 7.54. The fraction of sp³-hybridized carbons (Fsp3) is 0.278. The highest BCUT2D eigenvalue weighted by Gasteiger charge is 2.18. The van der Waals surface area contributed by atoms with Crippen molar-refractivity contribution in [2.75, 3.05) is 0 Å². The van der Waals surface area contributed by atoms with Gasteiger partial charge in [-0.05, 0) is 29.7 Å². The van der Waals surface area contributed by atoms with Crippen molar-refractivity contribution in [3.8, 4) is 0 Å². The van der Waals surface area contributed by atoms with Crippen LogP contribution in [0, 0.1) is 0 Å². The number of carbonyl (C=O) groups is 3. The van der Waals surface area contributed by atoms with Gasteiger partial charge in [0, 0.05) is 6.42 Å². The largest absolute Gasteiger partial charge is 0.481 e. The van der Waals surface area contributed by atoms with Crippen LogP contribution in [-0.4, -0.2) is 28.8 Å². The Bertz CT molecular complexity index is 739. The van der Waals surface area contributed by atoms with Crippen LogP contribution < -0.4 is 5.32 Å². The molecule has 5 nitrogen and oxygen atoms in total. The van der Waals surface area contributed by atoms with E-state index in [0.29, 0.717) is 6.42 Å². The number of hydrogen-bond donors (Lipinski definition) is 2. The molecule has 1 atom stereocenters. The van der Waals surface area contributed by atoms with Crippen LogP contribution in [0.1, 0.15) is 25.3 Å². The summed E-state index contributed by atoms with van der Waals surface area (Å²) < 4.78 is 0. The molecule has 5 heteroatoms. The Morgan fingerprint density at radius 3 is 2.39 bits per heavy atom. The van der Waals surface area contributed by atoms with E-state index in [2.05, 4.69) is 5.32 Å². The highest BCUT2D eigenvalue weighted by molar-refractivity contribution is 5.89. The summed E-state index contributed by atoms with van der Waals surface area (Å²) in [4.78, 5) is 34.0. The van der Waals surface area contributed by atoms with E-state index in [1.54, 1.807) is 0 Å². The summed E-state index contributed by atoms with van der Waals surface area (Å²) in [5, 5.41) is 13.4. The van der Waals surface area contributed by atoms with Gasteiger partial charge in [-0.2, -0.15) is 0 Å². The second-order valence-corrected chi connectivity index (χ2v) is 5.51. The van der Waals surface area contributed by atoms with Crippen LogP contribution in [0.25, 0.3) is 10.8 Å². The number of fused-ring (bicyclic) bond motifs is 1. The van der Waals surface area contributed by atoms with Crippen molar-refractivity contribution >= 4 is 28.4 Å². The molecule has 0 aliphatic heterocycles. The average molecular weight is 313 g/mol.